The number of esters is 1. The lowest BCUT2D eigenvalue weighted by Crippen LogP contribution is -2.13. The van der Waals surface area contributed by atoms with E-state index in [1.165, 1.54) is 0 Å². The third kappa shape index (κ3) is 2.96. The van der Waals surface area contributed by atoms with Crippen LogP contribution >= 0.6 is 0 Å². The molecule has 0 bridgehead atoms. The first kappa shape index (κ1) is 13.2. The quantitative estimate of drug-likeness (QED) is 0.858. The third-order valence-electron chi connectivity index (χ3n) is 3.02. The maximum atomic E-state index is 12.1. The molecule has 0 radical (unpaired) electrons. The van der Waals surface area contributed by atoms with E-state index in [4.69, 9.17) is 10.5 Å². The maximum absolute atomic E-state index is 12.1. The van der Waals surface area contributed by atoms with Gasteiger partial charge < -0.3 is 15.0 Å². The monoisotopic (exact) mass is 258 g/mol. The number of nitrogen functional groups attached to an aromatic ring is 1. The van der Waals surface area contributed by atoms with Gasteiger partial charge in [0, 0.05) is 12.7 Å². The van der Waals surface area contributed by atoms with E-state index in [0.717, 1.165) is 5.56 Å². The van der Waals surface area contributed by atoms with Crippen molar-refractivity contribution in [3.05, 3.63) is 53.9 Å². The van der Waals surface area contributed by atoms with Gasteiger partial charge in [0.25, 0.3) is 0 Å². The number of hydrogen-bond donors (Lipinski definition) is 1. The van der Waals surface area contributed by atoms with Gasteiger partial charge in [-0.05, 0) is 25.5 Å². The minimum atomic E-state index is -0.352. The SMILES string of the molecule is CCn1cc(N)cc1C(=O)OC(C)c1ccccc1. The Labute approximate surface area is 112 Å². The molecule has 1 unspecified atom stereocenters. The average Bonchev–Trinajstić information content (AvgIpc) is 2.81. The Bertz CT molecular complexity index is 561. The van der Waals surface area contributed by atoms with Gasteiger partial charge in [-0.1, -0.05) is 30.3 Å². The Balaban J connectivity index is 2.13. The van der Waals surface area contributed by atoms with Crippen LogP contribution in [0.15, 0.2) is 42.6 Å². The first-order valence-electron chi connectivity index (χ1n) is 6.33. The van der Waals surface area contributed by atoms with Crippen molar-refractivity contribution in [3.8, 4) is 0 Å². The number of ether oxygens (including phenoxy) is 1. The largest absolute Gasteiger partial charge is 0.453 e. The van der Waals surface area contributed by atoms with E-state index < -0.39 is 0 Å². The second-order valence-electron chi connectivity index (χ2n) is 4.40. The summed E-state index contributed by atoms with van der Waals surface area (Å²) in [7, 11) is 0. The summed E-state index contributed by atoms with van der Waals surface area (Å²) in [6.07, 6.45) is 1.46. The van der Waals surface area contributed by atoms with Gasteiger partial charge in [-0.15, -0.1) is 0 Å². The normalized spacial score (nSPS) is 12.1. The molecule has 2 aromatic rings. The van der Waals surface area contributed by atoms with Crippen LogP contribution in [0.5, 0.6) is 0 Å². The van der Waals surface area contributed by atoms with Crippen LogP contribution < -0.4 is 5.73 Å². The van der Waals surface area contributed by atoms with Gasteiger partial charge in [-0.25, -0.2) is 4.79 Å². The fourth-order valence-electron chi connectivity index (χ4n) is 1.98. The third-order valence-corrected chi connectivity index (χ3v) is 3.02. The molecule has 1 aromatic carbocycles. The molecule has 0 aliphatic rings. The molecular weight excluding hydrogens is 240 g/mol. The molecule has 0 amide bonds. The first-order chi connectivity index (χ1) is 9.11. The highest BCUT2D eigenvalue weighted by Gasteiger charge is 2.17. The number of benzene rings is 1. The minimum Gasteiger partial charge on any atom is -0.453 e. The van der Waals surface area contributed by atoms with Crippen LogP contribution in [0, 0.1) is 0 Å². The van der Waals surface area contributed by atoms with Crippen LogP contribution in [0.4, 0.5) is 5.69 Å². The average molecular weight is 258 g/mol. The molecule has 0 saturated heterocycles. The summed E-state index contributed by atoms with van der Waals surface area (Å²) >= 11 is 0. The Morgan fingerprint density at radius 2 is 2.05 bits per heavy atom. The topological polar surface area (TPSA) is 57.2 Å². The Kier molecular flexibility index (Phi) is 3.90. The van der Waals surface area contributed by atoms with Gasteiger partial charge in [-0.3, -0.25) is 0 Å². The predicted octanol–water partition coefficient (Wildman–Crippen LogP) is 3.01. The molecule has 2 rings (SSSR count). The number of rotatable bonds is 4. The molecule has 2 N–H and O–H groups in total. The van der Waals surface area contributed by atoms with Gasteiger partial charge in [0.05, 0.1) is 5.69 Å². The lowest BCUT2D eigenvalue weighted by atomic mass is 10.1. The Hall–Kier alpha value is -2.23. The molecule has 0 saturated carbocycles. The number of hydrogen-bond acceptors (Lipinski definition) is 3. The molecule has 100 valence electrons. The van der Waals surface area contributed by atoms with Gasteiger partial charge in [-0.2, -0.15) is 0 Å². The van der Waals surface area contributed by atoms with Gasteiger partial charge >= 0.3 is 5.97 Å². The fourth-order valence-corrected chi connectivity index (χ4v) is 1.98. The van der Waals surface area contributed by atoms with Crippen LogP contribution in [0.25, 0.3) is 0 Å². The second-order valence-corrected chi connectivity index (χ2v) is 4.40. The Morgan fingerprint density at radius 3 is 2.68 bits per heavy atom. The van der Waals surface area contributed by atoms with E-state index in [1.807, 2.05) is 44.2 Å². The van der Waals surface area contributed by atoms with Crippen molar-refractivity contribution in [2.45, 2.75) is 26.5 Å². The highest BCUT2D eigenvalue weighted by molar-refractivity contribution is 5.89. The van der Waals surface area contributed by atoms with Gasteiger partial charge in [0.2, 0.25) is 0 Å². The predicted molar refractivity (Wildman–Crippen MR) is 74.8 cm³/mol. The number of anilines is 1. The molecular formula is C15H18N2O2. The molecule has 0 fully saturated rings. The Morgan fingerprint density at radius 1 is 1.37 bits per heavy atom. The van der Waals surface area contributed by atoms with E-state index in [2.05, 4.69) is 0 Å². The van der Waals surface area contributed by atoms with E-state index in [9.17, 15) is 4.79 Å². The summed E-state index contributed by atoms with van der Waals surface area (Å²) < 4.78 is 7.25. The standard InChI is InChI=1S/C15H18N2O2/c1-3-17-10-13(16)9-14(17)15(18)19-11(2)12-7-5-4-6-8-12/h4-11H,3,16H2,1-2H3. The minimum absolute atomic E-state index is 0.282. The summed E-state index contributed by atoms with van der Waals surface area (Å²) in [5, 5.41) is 0. The number of carbonyl (C=O) groups excluding carboxylic acids is 1. The number of nitrogens with zero attached hydrogens (tertiary/aromatic N) is 1. The smallest absolute Gasteiger partial charge is 0.355 e. The van der Waals surface area contributed by atoms with Crippen molar-refractivity contribution in [1.29, 1.82) is 0 Å². The second kappa shape index (κ2) is 5.61. The zero-order chi connectivity index (χ0) is 13.8. The lowest BCUT2D eigenvalue weighted by molar-refractivity contribution is 0.0325. The summed E-state index contributed by atoms with van der Waals surface area (Å²) in [4.78, 5) is 12.1. The summed E-state index contributed by atoms with van der Waals surface area (Å²) in [6.45, 7) is 4.49. The van der Waals surface area contributed by atoms with E-state index in [-0.39, 0.29) is 12.1 Å². The van der Waals surface area contributed by atoms with Crippen molar-refractivity contribution in [2.24, 2.45) is 0 Å². The van der Waals surface area contributed by atoms with Gasteiger partial charge in [0.1, 0.15) is 11.8 Å². The molecule has 0 aliphatic carbocycles. The van der Waals surface area contributed by atoms with E-state index in [1.54, 1.807) is 16.8 Å². The highest BCUT2D eigenvalue weighted by atomic mass is 16.5. The molecule has 0 aliphatic heterocycles. The summed E-state index contributed by atoms with van der Waals surface area (Å²) in [5.41, 5.74) is 7.74. The molecule has 4 heteroatoms. The number of aromatic nitrogens is 1. The summed E-state index contributed by atoms with van der Waals surface area (Å²) in [5.74, 6) is -0.352. The van der Waals surface area contributed by atoms with Gasteiger partial charge in [0.15, 0.2) is 0 Å². The molecule has 19 heavy (non-hydrogen) atoms. The number of nitrogens with two attached hydrogens (primary N) is 1. The van der Waals surface area contributed by atoms with E-state index in [0.29, 0.717) is 17.9 Å². The van der Waals surface area contributed by atoms with Crippen LogP contribution in [-0.2, 0) is 11.3 Å². The molecule has 1 heterocycles. The van der Waals surface area contributed by atoms with Crippen molar-refractivity contribution in [2.75, 3.05) is 5.73 Å². The zero-order valence-electron chi connectivity index (χ0n) is 11.2. The first-order valence-corrected chi connectivity index (χ1v) is 6.33. The number of carbonyl (C=O) groups is 1. The van der Waals surface area contributed by atoms with Crippen LogP contribution in [0.3, 0.4) is 0 Å². The lowest BCUT2D eigenvalue weighted by Gasteiger charge is -2.14. The van der Waals surface area contributed by atoms with E-state index >= 15 is 0 Å². The van der Waals surface area contributed by atoms with Crippen LogP contribution in [-0.4, -0.2) is 10.5 Å². The molecule has 1 aromatic heterocycles. The van der Waals surface area contributed by atoms with Crippen LogP contribution in [0.1, 0.15) is 36.0 Å². The zero-order valence-corrected chi connectivity index (χ0v) is 11.2. The van der Waals surface area contributed by atoms with Crippen molar-refractivity contribution in [1.82, 2.24) is 4.57 Å². The highest BCUT2D eigenvalue weighted by Crippen LogP contribution is 2.19. The molecule has 0 spiro atoms. The van der Waals surface area contributed by atoms with Crippen molar-refractivity contribution >= 4 is 11.7 Å². The maximum Gasteiger partial charge on any atom is 0.355 e. The van der Waals surface area contributed by atoms with Crippen molar-refractivity contribution < 1.29 is 9.53 Å². The van der Waals surface area contributed by atoms with Crippen molar-refractivity contribution in [3.63, 3.8) is 0 Å². The fraction of sp³-hybridized carbons (Fsp3) is 0.267. The summed E-state index contributed by atoms with van der Waals surface area (Å²) in [6, 6.07) is 11.3. The molecule has 4 nitrogen and oxygen atoms in total. The number of aryl methyl sites for hydroxylation is 1. The van der Waals surface area contributed by atoms with Crippen LogP contribution in [0.2, 0.25) is 0 Å². The molecule has 1 atom stereocenters.